The molecule has 0 atom stereocenters. The predicted molar refractivity (Wildman–Crippen MR) is 101 cm³/mol. The molecule has 0 saturated carbocycles. The summed E-state index contributed by atoms with van der Waals surface area (Å²) in [6.07, 6.45) is 0. The Hall–Kier alpha value is -2.06. The minimum Gasteiger partial charge on any atom is -0.486 e. The van der Waals surface area contributed by atoms with Crippen molar-refractivity contribution in [3.8, 4) is 5.75 Å². The lowest BCUT2D eigenvalue weighted by Crippen LogP contribution is -2.15. The Labute approximate surface area is 155 Å². The Bertz CT molecular complexity index is 826. The SMILES string of the molecule is Cc1nc(CSc2nnc(COc3ccc(C(C)C)cc3)n2N)cs1. The van der Waals surface area contributed by atoms with E-state index in [0.29, 0.717) is 16.9 Å². The van der Waals surface area contributed by atoms with Crippen molar-refractivity contribution in [2.75, 3.05) is 5.84 Å². The topological polar surface area (TPSA) is 78.9 Å². The van der Waals surface area contributed by atoms with Crippen LogP contribution in [-0.4, -0.2) is 19.9 Å². The first-order valence-corrected chi connectivity index (χ1v) is 9.85. The lowest BCUT2D eigenvalue weighted by Gasteiger charge is -2.08. The van der Waals surface area contributed by atoms with Gasteiger partial charge in [-0.1, -0.05) is 37.7 Å². The second kappa shape index (κ2) is 7.88. The van der Waals surface area contributed by atoms with E-state index >= 15 is 0 Å². The second-order valence-corrected chi connectivity index (χ2v) is 7.93. The van der Waals surface area contributed by atoms with Crippen molar-refractivity contribution in [3.63, 3.8) is 0 Å². The van der Waals surface area contributed by atoms with Gasteiger partial charge in [0, 0.05) is 11.1 Å². The van der Waals surface area contributed by atoms with E-state index in [2.05, 4.69) is 41.2 Å². The van der Waals surface area contributed by atoms with Gasteiger partial charge in [-0.2, -0.15) is 0 Å². The summed E-state index contributed by atoms with van der Waals surface area (Å²) < 4.78 is 7.24. The third-order valence-corrected chi connectivity index (χ3v) is 5.46. The van der Waals surface area contributed by atoms with Crippen LogP contribution >= 0.6 is 23.1 Å². The first-order chi connectivity index (χ1) is 12.0. The van der Waals surface area contributed by atoms with Crippen LogP contribution in [0.4, 0.5) is 0 Å². The van der Waals surface area contributed by atoms with Crippen molar-refractivity contribution >= 4 is 23.1 Å². The molecule has 6 nitrogen and oxygen atoms in total. The molecule has 0 radical (unpaired) electrons. The van der Waals surface area contributed by atoms with Crippen molar-refractivity contribution in [2.24, 2.45) is 0 Å². The highest BCUT2D eigenvalue weighted by Crippen LogP contribution is 2.22. The first kappa shape index (κ1) is 17.8. The normalized spacial score (nSPS) is 11.2. The number of nitrogen functional groups attached to an aromatic ring is 1. The van der Waals surface area contributed by atoms with Crippen LogP contribution in [0.2, 0.25) is 0 Å². The summed E-state index contributed by atoms with van der Waals surface area (Å²) in [5.74, 6) is 8.67. The van der Waals surface area contributed by atoms with Crippen LogP contribution in [0, 0.1) is 6.92 Å². The molecule has 0 saturated heterocycles. The lowest BCUT2D eigenvalue weighted by molar-refractivity contribution is 0.291. The number of hydrogen-bond acceptors (Lipinski definition) is 7. The van der Waals surface area contributed by atoms with Gasteiger partial charge in [0.15, 0.2) is 5.82 Å². The molecule has 0 aliphatic carbocycles. The van der Waals surface area contributed by atoms with Gasteiger partial charge in [0.25, 0.3) is 0 Å². The number of nitrogens with zero attached hydrogens (tertiary/aromatic N) is 4. The van der Waals surface area contributed by atoms with Gasteiger partial charge >= 0.3 is 0 Å². The molecular weight excluding hydrogens is 354 g/mol. The molecule has 0 amide bonds. The second-order valence-electron chi connectivity index (χ2n) is 5.93. The number of benzene rings is 1. The highest BCUT2D eigenvalue weighted by atomic mass is 32.2. The minimum atomic E-state index is 0.279. The van der Waals surface area contributed by atoms with E-state index in [9.17, 15) is 0 Å². The molecule has 0 unspecified atom stereocenters. The maximum atomic E-state index is 6.07. The van der Waals surface area contributed by atoms with E-state index < -0.39 is 0 Å². The van der Waals surface area contributed by atoms with Crippen LogP contribution in [0.15, 0.2) is 34.8 Å². The highest BCUT2D eigenvalue weighted by Gasteiger charge is 2.12. The lowest BCUT2D eigenvalue weighted by atomic mass is 10.0. The number of rotatable bonds is 7. The van der Waals surface area contributed by atoms with Crippen molar-refractivity contribution in [1.82, 2.24) is 19.9 Å². The minimum absolute atomic E-state index is 0.279. The molecule has 25 heavy (non-hydrogen) atoms. The number of aryl methyl sites for hydroxylation is 1. The zero-order valence-corrected chi connectivity index (χ0v) is 16.1. The molecule has 0 spiro atoms. The van der Waals surface area contributed by atoms with Crippen LogP contribution in [-0.2, 0) is 12.4 Å². The first-order valence-electron chi connectivity index (χ1n) is 7.99. The standard InChI is InChI=1S/C17H21N5OS2/c1-11(2)13-4-6-15(7-5-13)23-8-16-20-21-17(22(16)18)25-10-14-9-24-12(3)19-14/h4-7,9,11H,8,10,18H2,1-3H3. The molecule has 0 bridgehead atoms. The third-order valence-electron chi connectivity index (χ3n) is 3.67. The van der Waals surface area contributed by atoms with Gasteiger partial charge in [-0.15, -0.1) is 21.5 Å². The average molecular weight is 376 g/mol. The van der Waals surface area contributed by atoms with Crippen molar-refractivity contribution in [2.45, 2.75) is 44.2 Å². The molecule has 2 aromatic heterocycles. The number of hydrogen-bond donors (Lipinski definition) is 1. The molecule has 3 rings (SSSR count). The zero-order valence-electron chi connectivity index (χ0n) is 14.5. The monoisotopic (exact) mass is 375 g/mol. The van der Waals surface area contributed by atoms with Gasteiger partial charge < -0.3 is 10.6 Å². The van der Waals surface area contributed by atoms with E-state index in [-0.39, 0.29) is 6.61 Å². The molecule has 3 aromatic rings. The summed E-state index contributed by atoms with van der Waals surface area (Å²) in [5.41, 5.74) is 2.31. The van der Waals surface area contributed by atoms with Gasteiger partial charge in [0.2, 0.25) is 5.16 Å². The van der Waals surface area contributed by atoms with Gasteiger partial charge in [-0.25, -0.2) is 9.66 Å². The Morgan fingerprint density at radius 1 is 1.24 bits per heavy atom. The summed E-state index contributed by atoms with van der Waals surface area (Å²) in [4.78, 5) is 4.43. The van der Waals surface area contributed by atoms with E-state index in [4.69, 9.17) is 10.6 Å². The predicted octanol–water partition coefficient (Wildman–Crippen LogP) is 3.75. The molecule has 2 N–H and O–H groups in total. The number of thiazole rings is 1. The molecule has 2 heterocycles. The van der Waals surface area contributed by atoms with Crippen molar-refractivity contribution in [1.29, 1.82) is 0 Å². The van der Waals surface area contributed by atoms with Crippen LogP contribution in [0.5, 0.6) is 5.75 Å². The van der Waals surface area contributed by atoms with E-state index in [0.717, 1.165) is 22.2 Å². The van der Waals surface area contributed by atoms with Gasteiger partial charge in [0.05, 0.1) is 10.7 Å². The summed E-state index contributed by atoms with van der Waals surface area (Å²) >= 11 is 3.15. The molecule has 132 valence electrons. The fraction of sp³-hybridized carbons (Fsp3) is 0.353. The molecular formula is C17H21N5OS2. The fourth-order valence-electron chi connectivity index (χ4n) is 2.21. The van der Waals surface area contributed by atoms with Gasteiger partial charge in [-0.3, -0.25) is 0 Å². The molecule has 1 aromatic carbocycles. The van der Waals surface area contributed by atoms with E-state index in [1.165, 1.54) is 22.0 Å². The Morgan fingerprint density at radius 2 is 2.00 bits per heavy atom. The van der Waals surface area contributed by atoms with Gasteiger partial charge in [0.1, 0.15) is 12.4 Å². The quantitative estimate of drug-likeness (QED) is 0.500. The zero-order chi connectivity index (χ0) is 17.8. The molecule has 8 heteroatoms. The van der Waals surface area contributed by atoms with E-state index in [1.54, 1.807) is 11.3 Å². The fourth-order valence-corrected chi connectivity index (χ4v) is 3.70. The number of ether oxygens (including phenoxy) is 1. The van der Waals surface area contributed by atoms with Crippen molar-refractivity contribution in [3.05, 3.63) is 51.7 Å². The largest absolute Gasteiger partial charge is 0.486 e. The average Bonchev–Trinajstić information content (AvgIpc) is 3.17. The molecule has 0 aliphatic heterocycles. The Morgan fingerprint density at radius 3 is 2.64 bits per heavy atom. The smallest absolute Gasteiger partial charge is 0.210 e. The highest BCUT2D eigenvalue weighted by molar-refractivity contribution is 7.98. The third kappa shape index (κ3) is 4.52. The maximum Gasteiger partial charge on any atom is 0.210 e. The van der Waals surface area contributed by atoms with Crippen LogP contribution in [0.1, 0.15) is 41.9 Å². The number of nitrogens with two attached hydrogens (primary N) is 1. The van der Waals surface area contributed by atoms with Gasteiger partial charge in [-0.05, 0) is 30.5 Å². The van der Waals surface area contributed by atoms with E-state index in [1.807, 2.05) is 24.4 Å². The molecule has 0 fully saturated rings. The summed E-state index contributed by atoms with van der Waals surface area (Å²) in [6.45, 7) is 6.60. The molecule has 0 aliphatic rings. The van der Waals surface area contributed by atoms with Crippen LogP contribution < -0.4 is 10.6 Å². The Kier molecular flexibility index (Phi) is 5.60. The summed E-state index contributed by atoms with van der Waals surface area (Å²) in [7, 11) is 0. The van der Waals surface area contributed by atoms with Crippen LogP contribution in [0.3, 0.4) is 0 Å². The number of aromatic nitrogens is 4. The summed E-state index contributed by atoms with van der Waals surface area (Å²) in [6, 6.07) is 8.08. The Balaban J connectivity index is 1.57. The maximum absolute atomic E-state index is 6.07. The van der Waals surface area contributed by atoms with Crippen molar-refractivity contribution < 1.29 is 4.74 Å². The summed E-state index contributed by atoms with van der Waals surface area (Å²) in [5, 5.41) is 12.0. The van der Waals surface area contributed by atoms with Crippen LogP contribution in [0.25, 0.3) is 0 Å². The number of thioether (sulfide) groups is 1.